The van der Waals surface area contributed by atoms with Crippen molar-refractivity contribution in [2.24, 2.45) is 10.4 Å². The fourth-order valence-corrected chi connectivity index (χ4v) is 5.12. The Morgan fingerprint density at radius 1 is 1.35 bits per heavy atom. The molecule has 1 fully saturated rings. The van der Waals surface area contributed by atoms with E-state index in [2.05, 4.69) is 20.4 Å². The summed E-state index contributed by atoms with van der Waals surface area (Å²) in [5.41, 5.74) is 6.76. The lowest BCUT2D eigenvalue weighted by atomic mass is 9.71. The molecule has 2 aromatic heterocycles. The van der Waals surface area contributed by atoms with E-state index in [0.717, 1.165) is 18.6 Å². The van der Waals surface area contributed by atoms with Crippen LogP contribution in [0.25, 0.3) is 5.65 Å². The third-order valence-electron chi connectivity index (χ3n) is 6.69. The number of hydrogen-bond acceptors (Lipinski definition) is 6. The smallest absolute Gasteiger partial charge is 0.258 e. The molecule has 1 unspecified atom stereocenters. The van der Waals surface area contributed by atoms with Gasteiger partial charge in [-0.1, -0.05) is 6.92 Å². The number of nitrogens with zero attached hydrogens (tertiary/aromatic N) is 5. The van der Waals surface area contributed by atoms with E-state index in [-0.39, 0.29) is 48.5 Å². The van der Waals surface area contributed by atoms with Crippen molar-refractivity contribution in [1.82, 2.24) is 19.9 Å². The van der Waals surface area contributed by atoms with Crippen molar-refractivity contribution in [1.29, 1.82) is 0 Å². The minimum atomic E-state index is -1.07. The number of hydrogen-bond donors (Lipinski definition) is 2. The number of rotatable bonds is 0. The summed E-state index contributed by atoms with van der Waals surface area (Å²) in [5, 5.41) is 7.06. The molecule has 8 nitrogen and oxygen atoms in total. The number of carbonyl (C=O) groups excluding carboxylic acids is 1. The average Bonchev–Trinajstić information content (AvgIpc) is 3.27. The molecule has 3 N–H and O–H groups in total. The van der Waals surface area contributed by atoms with Crippen LogP contribution < -0.4 is 16.0 Å². The van der Waals surface area contributed by atoms with Crippen molar-refractivity contribution >= 4 is 28.9 Å². The van der Waals surface area contributed by atoms with Gasteiger partial charge >= 0.3 is 0 Å². The number of aliphatic imine (C=N–C) groups is 1. The Morgan fingerprint density at radius 3 is 3.03 bits per heavy atom. The highest BCUT2D eigenvalue weighted by molar-refractivity contribution is 6.04. The van der Waals surface area contributed by atoms with Crippen LogP contribution in [-0.2, 0) is 0 Å². The average molecular weight is 429 g/mol. The van der Waals surface area contributed by atoms with Gasteiger partial charge < -0.3 is 16.0 Å². The Labute approximate surface area is 178 Å². The van der Waals surface area contributed by atoms with Gasteiger partial charge in [0.25, 0.3) is 5.91 Å². The zero-order valence-electron chi connectivity index (χ0n) is 17.3. The van der Waals surface area contributed by atoms with E-state index in [0.29, 0.717) is 24.4 Å². The zero-order chi connectivity index (χ0) is 21.8. The van der Waals surface area contributed by atoms with Crippen molar-refractivity contribution in [2.45, 2.75) is 51.2 Å². The molecule has 0 saturated carbocycles. The first kappa shape index (κ1) is 19.9. The fourth-order valence-electron chi connectivity index (χ4n) is 5.12. The Balaban J connectivity index is 1.66. The van der Waals surface area contributed by atoms with Crippen LogP contribution in [0.2, 0.25) is 0 Å². The maximum absolute atomic E-state index is 14.7. The van der Waals surface area contributed by atoms with E-state index < -0.39 is 11.6 Å². The molecule has 31 heavy (non-hydrogen) atoms. The highest BCUT2D eigenvalue weighted by Gasteiger charge is 2.49. The van der Waals surface area contributed by atoms with Crippen LogP contribution in [-0.4, -0.2) is 51.5 Å². The van der Waals surface area contributed by atoms with E-state index in [1.165, 1.54) is 10.7 Å². The van der Waals surface area contributed by atoms with Gasteiger partial charge in [-0.15, -0.1) is 5.10 Å². The Morgan fingerprint density at radius 2 is 2.19 bits per heavy atom. The van der Waals surface area contributed by atoms with E-state index in [1.54, 1.807) is 12.3 Å². The number of nitrogens with two attached hydrogens (primary N) is 1. The molecule has 1 saturated heterocycles. The van der Waals surface area contributed by atoms with Crippen LogP contribution in [0.1, 0.15) is 49.4 Å². The largest absolute Gasteiger partial charge is 0.381 e. The summed E-state index contributed by atoms with van der Waals surface area (Å²) < 4.78 is 30.6. The van der Waals surface area contributed by atoms with Gasteiger partial charge in [0.2, 0.25) is 0 Å². The predicted octanol–water partition coefficient (Wildman–Crippen LogP) is 2.80. The number of nitrogen functional groups attached to an aromatic ring is 1. The third-order valence-corrected chi connectivity index (χ3v) is 6.69. The lowest BCUT2D eigenvalue weighted by Gasteiger charge is -2.42. The molecule has 3 aliphatic heterocycles. The second-order valence-corrected chi connectivity index (χ2v) is 8.77. The first-order valence-corrected chi connectivity index (χ1v) is 10.6. The lowest BCUT2D eigenvalue weighted by Crippen LogP contribution is -2.49. The summed E-state index contributed by atoms with van der Waals surface area (Å²) in [7, 11) is 0. The van der Waals surface area contributed by atoms with Crippen LogP contribution in [0.15, 0.2) is 29.3 Å². The van der Waals surface area contributed by atoms with Gasteiger partial charge in [-0.05, 0) is 25.3 Å². The van der Waals surface area contributed by atoms with Crippen molar-refractivity contribution in [3.8, 4) is 0 Å². The number of allylic oxidation sites excluding steroid dienone is 1. The molecule has 0 aromatic carbocycles. The van der Waals surface area contributed by atoms with Gasteiger partial charge in [0, 0.05) is 42.8 Å². The van der Waals surface area contributed by atoms with Crippen LogP contribution in [0.3, 0.4) is 0 Å². The molecule has 2 bridgehead atoms. The highest BCUT2D eigenvalue weighted by Crippen LogP contribution is 2.45. The van der Waals surface area contributed by atoms with Gasteiger partial charge in [-0.3, -0.25) is 9.79 Å². The van der Waals surface area contributed by atoms with E-state index in [9.17, 15) is 13.6 Å². The number of aromatic nitrogens is 3. The minimum Gasteiger partial charge on any atom is -0.381 e. The summed E-state index contributed by atoms with van der Waals surface area (Å²) in [4.78, 5) is 23.7. The number of alkyl halides is 1. The molecule has 0 aliphatic carbocycles. The lowest BCUT2D eigenvalue weighted by molar-refractivity contribution is 0.0955. The van der Waals surface area contributed by atoms with Crippen molar-refractivity contribution < 1.29 is 13.6 Å². The SMILES string of the molecule is CC12CC(F)=CN=C1CCCCNC(=O)c1c(N)nn3ccc(nc13)N1C[C@@H](F)C[C@@H]12. The number of anilines is 2. The molecule has 3 atom stereocenters. The van der Waals surface area contributed by atoms with Crippen LogP contribution >= 0.6 is 0 Å². The topological polar surface area (TPSA) is 101 Å². The van der Waals surface area contributed by atoms with Crippen molar-refractivity contribution in [3.63, 3.8) is 0 Å². The normalized spacial score (nSPS) is 29.1. The number of halogens is 2. The first-order chi connectivity index (χ1) is 14.9. The van der Waals surface area contributed by atoms with E-state index in [1.807, 2.05) is 11.8 Å². The van der Waals surface area contributed by atoms with Gasteiger partial charge in [0.15, 0.2) is 11.5 Å². The van der Waals surface area contributed by atoms with Crippen LogP contribution in [0.5, 0.6) is 0 Å². The zero-order valence-corrected chi connectivity index (χ0v) is 17.3. The van der Waals surface area contributed by atoms with Crippen molar-refractivity contribution in [3.05, 3.63) is 29.9 Å². The molecule has 0 radical (unpaired) electrons. The fraction of sp³-hybridized carbons (Fsp3) is 0.524. The molecule has 5 heterocycles. The molecular weight excluding hydrogens is 404 g/mol. The van der Waals surface area contributed by atoms with Crippen molar-refractivity contribution in [2.75, 3.05) is 23.7 Å². The molecule has 1 amide bonds. The quantitative estimate of drug-likeness (QED) is 0.671. The molecule has 5 rings (SSSR count). The Hall–Kier alpha value is -3.04. The van der Waals surface area contributed by atoms with E-state index in [4.69, 9.17) is 5.73 Å². The third kappa shape index (κ3) is 3.24. The number of nitrogens with one attached hydrogen (secondary N) is 1. The number of carbonyl (C=O) groups is 1. The van der Waals surface area contributed by atoms with E-state index >= 15 is 0 Å². The standard InChI is InChI=1S/C21H25F2N7O/c1-21-9-13(23)10-26-14(21)4-2-3-6-25-20(31)17-18(24)28-30-7-5-16(27-19(17)30)29-11-12(22)8-15(21)29/h5,7,10,12,15H,2-4,6,8-9,11H2,1H3,(H2,24,28)(H,25,31)/t12-,15+,21?/m0/s1. The summed E-state index contributed by atoms with van der Waals surface area (Å²) in [6.45, 7) is 2.58. The molecule has 3 aliphatic rings. The molecular formula is C21H25F2N7O. The maximum atomic E-state index is 14.7. The number of fused-ring (bicyclic) bond motifs is 5. The summed E-state index contributed by atoms with van der Waals surface area (Å²) in [5.74, 6) is -0.0211. The van der Waals surface area contributed by atoms with Crippen LogP contribution in [0, 0.1) is 5.41 Å². The van der Waals surface area contributed by atoms with Crippen LogP contribution in [0.4, 0.5) is 20.4 Å². The highest BCUT2D eigenvalue weighted by atomic mass is 19.1. The summed E-state index contributed by atoms with van der Waals surface area (Å²) in [6, 6.07) is 1.42. The Kier molecular flexibility index (Phi) is 4.67. The molecule has 2 aromatic rings. The molecule has 164 valence electrons. The van der Waals surface area contributed by atoms with Gasteiger partial charge in [0.05, 0.1) is 12.7 Å². The molecule has 0 spiro atoms. The van der Waals surface area contributed by atoms with Gasteiger partial charge in [-0.25, -0.2) is 18.3 Å². The minimum absolute atomic E-state index is 0.0939. The monoisotopic (exact) mass is 429 g/mol. The molecule has 10 heteroatoms. The number of amides is 1. The first-order valence-electron chi connectivity index (χ1n) is 10.6. The second kappa shape index (κ2) is 7.28. The summed E-state index contributed by atoms with van der Waals surface area (Å²) >= 11 is 0. The second-order valence-electron chi connectivity index (χ2n) is 8.77. The van der Waals surface area contributed by atoms with Gasteiger partial charge in [0.1, 0.15) is 23.4 Å². The Bertz CT molecular complexity index is 1110. The van der Waals surface area contributed by atoms with Gasteiger partial charge in [-0.2, -0.15) is 0 Å². The maximum Gasteiger partial charge on any atom is 0.258 e. The predicted molar refractivity (Wildman–Crippen MR) is 114 cm³/mol. The summed E-state index contributed by atoms with van der Waals surface area (Å²) in [6.07, 6.45) is 4.49.